The van der Waals surface area contributed by atoms with E-state index in [1.165, 1.54) is 23.1 Å². The molecule has 0 radical (unpaired) electrons. The molecule has 3 aliphatic rings. The van der Waals surface area contributed by atoms with E-state index >= 15 is 0 Å². The summed E-state index contributed by atoms with van der Waals surface area (Å²) in [5, 5.41) is 2.11. The van der Waals surface area contributed by atoms with E-state index in [9.17, 15) is 32.3 Å². The normalized spacial score (nSPS) is 27.5. The number of likely N-dealkylation sites (tertiary alicyclic amines) is 1. The summed E-state index contributed by atoms with van der Waals surface area (Å²) in [5.41, 5.74) is 6.42. The fourth-order valence-electron chi connectivity index (χ4n) is 4.47. The Labute approximate surface area is 175 Å². The first-order valence-electron chi connectivity index (χ1n) is 9.97. The Bertz CT molecular complexity index is 964. The van der Waals surface area contributed by atoms with Gasteiger partial charge in [0.1, 0.15) is 12.1 Å². The van der Waals surface area contributed by atoms with Crippen molar-refractivity contribution in [2.45, 2.75) is 56.5 Å². The van der Waals surface area contributed by atoms with Crippen molar-refractivity contribution in [3.63, 3.8) is 0 Å². The number of hydrogen-bond acceptors (Lipinski definition) is 6. The standard InChI is InChI=1S/C20H21F3N4O4/c21-20(22,23)15-5-2-11(24)9-26(15)8-10-1-3-12-13(7-10)19(31)27(18(12)30)14-4-6-16(28)25-17(14)29/h1,3,7,11,14-15H,2,4-6,8-9,24H2,(H,25,28,29). The van der Waals surface area contributed by atoms with Crippen LogP contribution >= 0.6 is 0 Å². The Morgan fingerprint density at radius 2 is 1.74 bits per heavy atom. The number of nitrogens with one attached hydrogen (secondary N) is 1. The lowest BCUT2D eigenvalue weighted by atomic mass is 9.97. The Morgan fingerprint density at radius 1 is 1.03 bits per heavy atom. The molecule has 0 bridgehead atoms. The van der Waals surface area contributed by atoms with Crippen LogP contribution in [0.15, 0.2) is 18.2 Å². The predicted molar refractivity (Wildman–Crippen MR) is 101 cm³/mol. The summed E-state index contributed by atoms with van der Waals surface area (Å²) in [5.74, 6) is -2.55. The van der Waals surface area contributed by atoms with Crippen molar-refractivity contribution in [2.24, 2.45) is 5.73 Å². The van der Waals surface area contributed by atoms with E-state index in [2.05, 4.69) is 5.32 Å². The second kappa shape index (κ2) is 7.72. The van der Waals surface area contributed by atoms with Crippen LogP contribution in [0.4, 0.5) is 13.2 Å². The quantitative estimate of drug-likeness (QED) is 0.680. The van der Waals surface area contributed by atoms with Crippen molar-refractivity contribution >= 4 is 23.6 Å². The van der Waals surface area contributed by atoms with Crippen molar-refractivity contribution in [1.29, 1.82) is 0 Å². The predicted octanol–water partition coefficient (Wildman–Crippen LogP) is 0.942. The first-order valence-corrected chi connectivity index (χ1v) is 9.97. The molecule has 0 saturated carbocycles. The molecule has 2 fully saturated rings. The van der Waals surface area contributed by atoms with E-state index in [1.54, 1.807) is 0 Å². The highest BCUT2D eigenvalue weighted by molar-refractivity contribution is 6.23. The fraction of sp³-hybridized carbons (Fsp3) is 0.500. The summed E-state index contributed by atoms with van der Waals surface area (Å²) in [6.07, 6.45) is -4.19. The lowest BCUT2D eigenvalue weighted by Gasteiger charge is -2.39. The lowest BCUT2D eigenvalue weighted by Crippen LogP contribution is -2.54. The minimum Gasteiger partial charge on any atom is -0.327 e. The van der Waals surface area contributed by atoms with E-state index in [1.807, 2.05) is 0 Å². The van der Waals surface area contributed by atoms with Crippen LogP contribution < -0.4 is 11.1 Å². The first kappa shape index (κ1) is 21.4. The molecule has 11 heteroatoms. The number of fused-ring (bicyclic) bond motifs is 1. The number of hydrogen-bond donors (Lipinski definition) is 2. The van der Waals surface area contributed by atoms with E-state index in [0.29, 0.717) is 5.56 Å². The highest BCUT2D eigenvalue weighted by Crippen LogP contribution is 2.34. The van der Waals surface area contributed by atoms with Gasteiger partial charge in [-0.1, -0.05) is 6.07 Å². The molecule has 3 aliphatic heterocycles. The van der Waals surface area contributed by atoms with Gasteiger partial charge in [0.15, 0.2) is 0 Å². The third-order valence-corrected chi connectivity index (χ3v) is 5.99. The van der Waals surface area contributed by atoms with Gasteiger partial charge >= 0.3 is 6.18 Å². The van der Waals surface area contributed by atoms with Gasteiger partial charge in [0.05, 0.1) is 11.1 Å². The molecule has 8 nitrogen and oxygen atoms in total. The molecule has 4 rings (SSSR count). The molecule has 2 saturated heterocycles. The third-order valence-electron chi connectivity index (χ3n) is 5.99. The van der Waals surface area contributed by atoms with Gasteiger partial charge < -0.3 is 5.73 Å². The summed E-state index contributed by atoms with van der Waals surface area (Å²) in [7, 11) is 0. The van der Waals surface area contributed by atoms with Gasteiger partial charge in [-0.15, -0.1) is 0 Å². The number of benzene rings is 1. The number of imide groups is 2. The highest BCUT2D eigenvalue weighted by Gasteiger charge is 2.47. The summed E-state index contributed by atoms with van der Waals surface area (Å²) >= 11 is 0. The Kier molecular flexibility index (Phi) is 5.34. The van der Waals surface area contributed by atoms with Gasteiger partial charge in [0.2, 0.25) is 11.8 Å². The number of piperidine rings is 2. The van der Waals surface area contributed by atoms with E-state index in [4.69, 9.17) is 5.73 Å². The average molecular weight is 438 g/mol. The van der Waals surface area contributed by atoms with Crippen LogP contribution in [0.1, 0.15) is 52.0 Å². The monoisotopic (exact) mass is 438 g/mol. The molecule has 1 aromatic rings. The molecule has 0 aromatic heterocycles. The molecule has 3 N–H and O–H groups in total. The van der Waals surface area contributed by atoms with Gasteiger partial charge in [-0.05, 0) is 37.0 Å². The molecule has 0 spiro atoms. The number of nitrogens with two attached hydrogens (primary N) is 1. The van der Waals surface area contributed by atoms with Gasteiger partial charge in [-0.25, -0.2) is 0 Å². The van der Waals surface area contributed by atoms with Crippen LogP contribution in [-0.4, -0.2) is 64.3 Å². The molecule has 3 heterocycles. The largest absolute Gasteiger partial charge is 0.404 e. The van der Waals surface area contributed by atoms with E-state index in [0.717, 1.165) is 4.90 Å². The highest BCUT2D eigenvalue weighted by atomic mass is 19.4. The Balaban J connectivity index is 1.57. The maximum Gasteiger partial charge on any atom is 0.404 e. The van der Waals surface area contributed by atoms with Crippen molar-refractivity contribution in [2.75, 3.05) is 6.54 Å². The SMILES string of the molecule is NC1CCC(C(F)(F)F)N(Cc2ccc3c(c2)C(=O)N(C2CCC(=O)NC2=O)C3=O)C1. The number of nitrogens with zero attached hydrogens (tertiary/aromatic N) is 2. The molecule has 0 aliphatic carbocycles. The number of rotatable bonds is 3. The zero-order valence-corrected chi connectivity index (χ0v) is 16.4. The van der Waals surface area contributed by atoms with Crippen molar-refractivity contribution in [3.05, 3.63) is 34.9 Å². The molecule has 3 atom stereocenters. The van der Waals surface area contributed by atoms with Gasteiger partial charge in [0, 0.05) is 25.6 Å². The molecular weight excluding hydrogens is 417 g/mol. The van der Waals surface area contributed by atoms with Gasteiger partial charge in [0.25, 0.3) is 11.8 Å². The number of halogens is 3. The molecule has 4 amide bonds. The van der Waals surface area contributed by atoms with Crippen LogP contribution in [0, 0.1) is 0 Å². The first-order chi connectivity index (χ1) is 14.6. The second-order valence-corrected chi connectivity index (χ2v) is 8.15. The third kappa shape index (κ3) is 3.94. The topological polar surface area (TPSA) is 113 Å². The van der Waals surface area contributed by atoms with E-state index < -0.39 is 41.9 Å². The van der Waals surface area contributed by atoms with Crippen LogP contribution in [0.3, 0.4) is 0 Å². The maximum atomic E-state index is 13.4. The van der Waals surface area contributed by atoms with Crippen LogP contribution in [0.25, 0.3) is 0 Å². The second-order valence-electron chi connectivity index (χ2n) is 8.15. The zero-order chi connectivity index (χ0) is 22.5. The minimum atomic E-state index is -4.40. The summed E-state index contributed by atoms with van der Waals surface area (Å²) in [4.78, 5) is 51.2. The lowest BCUT2D eigenvalue weighted by molar-refractivity contribution is -0.193. The Morgan fingerprint density at radius 3 is 2.42 bits per heavy atom. The summed E-state index contributed by atoms with van der Waals surface area (Å²) < 4.78 is 40.3. The number of alkyl halides is 3. The number of carbonyl (C=O) groups is 4. The summed E-state index contributed by atoms with van der Waals surface area (Å²) in [6.45, 7) is -0.0123. The molecule has 166 valence electrons. The molecule has 31 heavy (non-hydrogen) atoms. The molecule has 3 unspecified atom stereocenters. The van der Waals surface area contributed by atoms with Crippen LogP contribution in [-0.2, 0) is 16.1 Å². The Hall–Kier alpha value is -2.79. The van der Waals surface area contributed by atoms with Crippen LogP contribution in [0.2, 0.25) is 0 Å². The molecular formula is C20H21F3N4O4. The number of carbonyl (C=O) groups excluding carboxylic acids is 4. The van der Waals surface area contributed by atoms with Crippen molar-refractivity contribution in [3.8, 4) is 0 Å². The summed E-state index contributed by atoms with van der Waals surface area (Å²) in [6, 6.07) is 1.20. The molecule has 1 aromatic carbocycles. The fourth-order valence-corrected chi connectivity index (χ4v) is 4.47. The maximum absolute atomic E-state index is 13.4. The minimum absolute atomic E-state index is 0.00308. The zero-order valence-electron chi connectivity index (χ0n) is 16.4. The average Bonchev–Trinajstić information content (AvgIpc) is 2.91. The number of amides is 4. The van der Waals surface area contributed by atoms with Crippen LogP contribution in [0.5, 0.6) is 0 Å². The van der Waals surface area contributed by atoms with Crippen molar-refractivity contribution in [1.82, 2.24) is 15.1 Å². The van der Waals surface area contributed by atoms with Gasteiger partial charge in [-0.2, -0.15) is 13.2 Å². The van der Waals surface area contributed by atoms with E-state index in [-0.39, 0.29) is 55.9 Å². The van der Waals surface area contributed by atoms with Gasteiger partial charge in [-0.3, -0.25) is 34.3 Å². The smallest absolute Gasteiger partial charge is 0.327 e. The van der Waals surface area contributed by atoms with Crippen molar-refractivity contribution < 1.29 is 32.3 Å².